The number of rotatable bonds is 2. The highest BCUT2D eigenvalue weighted by atomic mass is 35.5. The Bertz CT molecular complexity index is 528. The zero-order valence-corrected chi connectivity index (χ0v) is 12.5. The Morgan fingerprint density at radius 3 is 2.60 bits per heavy atom. The third-order valence-electron chi connectivity index (χ3n) is 3.45. The lowest BCUT2D eigenvalue weighted by Gasteiger charge is -2.31. The van der Waals surface area contributed by atoms with Gasteiger partial charge >= 0.3 is 0 Å². The zero-order chi connectivity index (χ0) is 14.7. The van der Waals surface area contributed by atoms with Crippen molar-refractivity contribution in [1.82, 2.24) is 15.2 Å². The number of hydrogen-bond acceptors (Lipinski definition) is 3. The van der Waals surface area contributed by atoms with Crippen LogP contribution in [0.2, 0.25) is 10.2 Å². The van der Waals surface area contributed by atoms with Crippen LogP contribution < -0.4 is 5.32 Å². The molecule has 0 aromatic carbocycles. The topological polar surface area (TPSA) is 62.3 Å². The van der Waals surface area contributed by atoms with Gasteiger partial charge in [0.05, 0.1) is 10.6 Å². The number of amides is 2. The molecule has 7 heteroatoms. The molecule has 0 spiro atoms. The predicted molar refractivity (Wildman–Crippen MR) is 77.0 cm³/mol. The van der Waals surface area contributed by atoms with E-state index in [-0.39, 0.29) is 27.9 Å². The Labute approximate surface area is 127 Å². The highest BCUT2D eigenvalue weighted by Gasteiger charge is 2.28. The van der Waals surface area contributed by atoms with Crippen LogP contribution >= 0.6 is 23.2 Å². The molecule has 1 fully saturated rings. The second kappa shape index (κ2) is 6.41. The van der Waals surface area contributed by atoms with Crippen molar-refractivity contribution in [2.75, 3.05) is 20.1 Å². The maximum atomic E-state index is 12.4. The lowest BCUT2D eigenvalue weighted by atomic mass is 9.95. The number of pyridine rings is 1. The minimum absolute atomic E-state index is 0.0273. The van der Waals surface area contributed by atoms with Gasteiger partial charge in [0.1, 0.15) is 5.15 Å². The van der Waals surface area contributed by atoms with E-state index in [1.54, 1.807) is 11.9 Å². The van der Waals surface area contributed by atoms with E-state index < -0.39 is 0 Å². The normalized spacial score (nSPS) is 16.1. The first-order valence-electron chi connectivity index (χ1n) is 6.35. The van der Waals surface area contributed by atoms with Gasteiger partial charge < -0.3 is 10.2 Å². The number of nitrogens with one attached hydrogen (secondary N) is 1. The minimum Gasteiger partial charge on any atom is -0.359 e. The molecular formula is C13H15Cl2N3O2. The molecule has 0 bridgehead atoms. The minimum atomic E-state index is -0.172. The Balaban J connectivity index is 2.05. The second-order valence-electron chi connectivity index (χ2n) is 4.67. The summed E-state index contributed by atoms with van der Waals surface area (Å²) >= 11 is 11.8. The Hall–Kier alpha value is -1.33. The average Bonchev–Trinajstić information content (AvgIpc) is 2.48. The molecule has 0 radical (unpaired) electrons. The molecule has 2 amide bonds. The second-order valence-corrected chi connectivity index (χ2v) is 5.46. The number of aromatic nitrogens is 1. The monoisotopic (exact) mass is 315 g/mol. The van der Waals surface area contributed by atoms with Crippen LogP contribution in [-0.2, 0) is 4.79 Å². The van der Waals surface area contributed by atoms with Gasteiger partial charge in [-0.15, -0.1) is 0 Å². The van der Waals surface area contributed by atoms with Gasteiger partial charge in [-0.3, -0.25) is 9.59 Å². The van der Waals surface area contributed by atoms with Gasteiger partial charge in [0, 0.05) is 32.3 Å². The van der Waals surface area contributed by atoms with Crippen molar-refractivity contribution in [3.05, 3.63) is 28.0 Å². The maximum absolute atomic E-state index is 12.4. The number of nitrogens with zero attached hydrogens (tertiary/aromatic N) is 2. The standard InChI is InChI=1S/C13H15Cl2N3O2/c1-16-12(19)8-2-4-18(5-3-8)13(20)9-6-11(15)17-7-10(9)14/h6-8H,2-5H2,1H3,(H,16,19). The van der Waals surface area contributed by atoms with Crippen LogP contribution in [0.3, 0.4) is 0 Å². The van der Waals surface area contributed by atoms with E-state index in [0.717, 1.165) is 0 Å². The first kappa shape index (κ1) is 15.1. The summed E-state index contributed by atoms with van der Waals surface area (Å²) in [6.45, 7) is 1.07. The van der Waals surface area contributed by atoms with E-state index in [0.29, 0.717) is 31.5 Å². The van der Waals surface area contributed by atoms with Crippen LogP contribution in [0.5, 0.6) is 0 Å². The maximum Gasteiger partial charge on any atom is 0.255 e. The molecule has 1 N–H and O–H groups in total. The molecule has 2 heterocycles. The molecule has 0 saturated carbocycles. The van der Waals surface area contributed by atoms with Crippen molar-refractivity contribution in [3.8, 4) is 0 Å². The Kier molecular flexibility index (Phi) is 4.83. The third-order valence-corrected chi connectivity index (χ3v) is 3.96. The van der Waals surface area contributed by atoms with E-state index in [2.05, 4.69) is 10.3 Å². The van der Waals surface area contributed by atoms with Crippen LogP contribution in [0.25, 0.3) is 0 Å². The van der Waals surface area contributed by atoms with Gasteiger partial charge in [0.15, 0.2) is 0 Å². The summed E-state index contributed by atoms with van der Waals surface area (Å²) in [7, 11) is 1.62. The third kappa shape index (κ3) is 3.22. The fourth-order valence-electron chi connectivity index (χ4n) is 2.30. The zero-order valence-electron chi connectivity index (χ0n) is 11.0. The quantitative estimate of drug-likeness (QED) is 0.849. The van der Waals surface area contributed by atoms with Crippen LogP contribution in [0.15, 0.2) is 12.3 Å². The number of hydrogen-bond donors (Lipinski definition) is 1. The van der Waals surface area contributed by atoms with E-state index in [1.807, 2.05) is 0 Å². The Morgan fingerprint density at radius 2 is 2.00 bits per heavy atom. The summed E-state index contributed by atoms with van der Waals surface area (Å²) in [5.74, 6) is -0.169. The number of carbonyl (C=O) groups is 2. The Morgan fingerprint density at radius 1 is 1.35 bits per heavy atom. The molecule has 0 atom stereocenters. The fourth-order valence-corrected chi connectivity index (χ4v) is 2.64. The lowest BCUT2D eigenvalue weighted by Crippen LogP contribution is -2.42. The van der Waals surface area contributed by atoms with E-state index in [4.69, 9.17) is 23.2 Å². The fraction of sp³-hybridized carbons (Fsp3) is 0.462. The van der Waals surface area contributed by atoms with Gasteiger partial charge in [0.25, 0.3) is 5.91 Å². The SMILES string of the molecule is CNC(=O)C1CCN(C(=O)c2cc(Cl)ncc2Cl)CC1. The number of likely N-dealkylation sites (tertiary alicyclic amines) is 1. The first-order valence-corrected chi connectivity index (χ1v) is 7.10. The number of piperidine rings is 1. The van der Waals surface area contributed by atoms with Crippen molar-refractivity contribution in [3.63, 3.8) is 0 Å². The van der Waals surface area contributed by atoms with Crippen molar-refractivity contribution < 1.29 is 9.59 Å². The summed E-state index contributed by atoms with van der Waals surface area (Å²) in [5, 5.41) is 3.16. The smallest absolute Gasteiger partial charge is 0.255 e. The average molecular weight is 316 g/mol. The molecule has 20 heavy (non-hydrogen) atoms. The highest BCUT2D eigenvalue weighted by Crippen LogP contribution is 2.23. The van der Waals surface area contributed by atoms with Crippen molar-refractivity contribution in [2.45, 2.75) is 12.8 Å². The van der Waals surface area contributed by atoms with E-state index >= 15 is 0 Å². The predicted octanol–water partition coefficient (Wildman–Crippen LogP) is 1.99. The van der Waals surface area contributed by atoms with E-state index in [1.165, 1.54) is 12.3 Å². The largest absolute Gasteiger partial charge is 0.359 e. The lowest BCUT2D eigenvalue weighted by molar-refractivity contribution is -0.125. The van der Waals surface area contributed by atoms with Crippen molar-refractivity contribution in [1.29, 1.82) is 0 Å². The van der Waals surface area contributed by atoms with Gasteiger partial charge in [-0.05, 0) is 18.9 Å². The molecule has 0 aliphatic carbocycles. The van der Waals surface area contributed by atoms with Gasteiger partial charge in [-0.25, -0.2) is 4.98 Å². The highest BCUT2D eigenvalue weighted by molar-refractivity contribution is 6.35. The first-order chi connectivity index (χ1) is 9.52. The molecular weight excluding hydrogens is 301 g/mol. The van der Waals surface area contributed by atoms with Gasteiger partial charge in [-0.2, -0.15) is 0 Å². The molecule has 5 nitrogen and oxygen atoms in total. The molecule has 2 rings (SSSR count). The summed E-state index contributed by atoms with van der Waals surface area (Å²) < 4.78 is 0. The van der Waals surface area contributed by atoms with Crippen LogP contribution in [0, 0.1) is 5.92 Å². The molecule has 1 aromatic rings. The summed E-state index contributed by atoms with van der Waals surface area (Å²) in [6, 6.07) is 1.47. The summed E-state index contributed by atoms with van der Waals surface area (Å²) in [5.41, 5.74) is 0.352. The van der Waals surface area contributed by atoms with Gasteiger partial charge in [0.2, 0.25) is 5.91 Å². The van der Waals surface area contributed by atoms with Crippen LogP contribution in [0.1, 0.15) is 23.2 Å². The number of halogens is 2. The molecule has 108 valence electrons. The molecule has 0 unspecified atom stereocenters. The van der Waals surface area contributed by atoms with Crippen molar-refractivity contribution in [2.24, 2.45) is 5.92 Å². The van der Waals surface area contributed by atoms with E-state index in [9.17, 15) is 9.59 Å². The van der Waals surface area contributed by atoms with Crippen LogP contribution in [0.4, 0.5) is 0 Å². The van der Waals surface area contributed by atoms with Crippen LogP contribution in [-0.4, -0.2) is 41.8 Å². The summed E-state index contributed by atoms with van der Waals surface area (Å²) in [4.78, 5) is 29.4. The summed E-state index contributed by atoms with van der Waals surface area (Å²) in [6.07, 6.45) is 2.68. The molecule has 1 aromatic heterocycles. The van der Waals surface area contributed by atoms with Crippen molar-refractivity contribution >= 4 is 35.0 Å². The van der Waals surface area contributed by atoms with Gasteiger partial charge in [-0.1, -0.05) is 23.2 Å². The molecule has 1 aliphatic heterocycles. The molecule has 1 saturated heterocycles. The molecule has 1 aliphatic rings. The number of carbonyl (C=O) groups excluding carboxylic acids is 2.